The molecule has 2 aromatic carbocycles. The highest BCUT2D eigenvalue weighted by molar-refractivity contribution is 7.92. The minimum atomic E-state index is -3.69. The van der Waals surface area contributed by atoms with Gasteiger partial charge in [0, 0.05) is 35.1 Å². The molecule has 11 heteroatoms. The summed E-state index contributed by atoms with van der Waals surface area (Å²) in [4.78, 5) is 27.7. The molecule has 198 valence electrons. The molecule has 7 nitrogen and oxygen atoms in total. The van der Waals surface area contributed by atoms with Crippen LogP contribution in [-0.2, 0) is 26.2 Å². The molecule has 0 fully saturated rings. The van der Waals surface area contributed by atoms with Crippen molar-refractivity contribution in [2.45, 2.75) is 58.7 Å². The zero-order valence-corrected chi connectivity index (χ0v) is 24.1. The van der Waals surface area contributed by atoms with Gasteiger partial charge in [-0.3, -0.25) is 13.9 Å². The van der Waals surface area contributed by atoms with Gasteiger partial charge in [-0.2, -0.15) is 0 Å². The topological polar surface area (TPSA) is 86.8 Å². The second-order valence-corrected chi connectivity index (χ2v) is 12.8. The number of sulfonamides is 1. The van der Waals surface area contributed by atoms with Crippen LogP contribution in [0.25, 0.3) is 0 Å². The van der Waals surface area contributed by atoms with E-state index in [1.807, 2.05) is 26.8 Å². The minimum Gasteiger partial charge on any atom is -0.350 e. The standard InChI is InChI=1S/C25H32Cl3N3O4S/c1-17(24(33)29-25(2,3)4)30(16-18-8-6-9-19(26)14-18)23(32)10-7-13-31(36(5,34)35)22-15-20(27)11-12-21(22)28/h6,8-9,11-12,14-15,17H,7,10,13,16H2,1-5H3,(H,29,33)/t17-/m0/s1. The first kappa shape index (κ1) is 30.2. The molecule has 0 aliphatic heterocycles. The smallest absolute Gasteiger partial charge is 0.242 e. The van der Waals surface area contributed by atoms with Gasteiger partial charge >= 0.3 is 0 Å². The quantitative estimate of drug-likeness (QED) is 0.403. The molecular weight excluding hydrogens is 545 g/mol. The average Bonchev–Trinajstić information content (AvgIpc) is 2.74. The van der Waals surface area contributed by atoms with Gasteiger partial charge in [-0.1, -0.05) is 46.9 Å². The van der Waals surface area contributed by atoms with Crippen LogP contribution in [0.2, 0.25) is 15.1 Å². The Balaban J connectivity index is 2.23. The lowest BCUT2D eigenvalue weighted by atomic mass is 10.1. The van der Waals surface area contributed by atoms with Crippen molar-refractivity contribution < 1.29 is 18.0 Å². The molecule has 0 aromatic heterocycles. The number of carbonyl (C=O) groups excluding carboxylic acids is 2. The molecule has 0 bridgehead atoms. The average molecular weight is 577 g/mol. The largest absolute Gasteiger partial charge is 0.350 e. The summed E-state index contributed by atoms with van der Waals surface area (Å²) in [5.41, 5.74) is 0.546. The second kappa shape index (κ2) is 12.5. The summed E-state index contributed by atoms with van der Waals surface area (Å²) in [7, 11) is -3.69. The van der Waals surface area contributed by atoms with Crippen LogP contribution in [0, 0.1) is 0 Å². The fraction of sp³-hybridized carbons (Fsp3) is 0.440. The molecule has 0 radical (unpaired) electrons. The van der Waals surface area contributed by atoms with Gasteiger partial charge in [0.15, 0.2) is 0 Å². The van der Waals surface area contributed by atoms with E-state index < -0.39 is 21.6 Å². The van der Waals surface area contributed by atoms with Crippen molar-refractivity contribution in [2.75, 3.05) is 17.1 Å². The van der Waals surface area contributed by atoms with Gasteiger partial charge in [0.25, 0.3) is 0 Å². The third kappa shape index (κ3) is 9.14. The lowest BCUT2D eigenvalue weighted by Crippen LogP contribution is -2.52. The SMILES string of the molecule is C[C@@H](C(=O)NC(C)(C)C)N(Cc1cccc(Cl)c1)C(=O)CCCN(c1cc(Cl)ccc1Cl)S(C)(=O)=O. The maximum Gasteiger partial charge on any atom is 0.242 e. The summed E-state index contributed by atoms with van der Waals surface area (Å²) in [5.74, 6) is -0.585. The summed E-state index contributed by atoms with van der Waals surface area (Å²) in [6, 6.07) is 10.9. The van der Waals surface area contributed by atoms with Crippen LogP contribution in [0.4, 0.5) is 5.69 Å². The van der Waals surface area contributed by atoms with Crippen LogP contribution in [0.3, 0.4) is 0 Å². The number of nitrogens with one attached hydrogen (secondary N) is 1. The number of nitrogens with zero attached hydrogens (tertiary/aromatic N) is 2. The van der Waals surface area contributed by atoms with E-state index in [2.05, 4.69) is 5.32 Å². The van der Waals surface area contributed by atoms with E-state index in [1.165, 1.54) is 17.0 Å². The van der Waals surface area contributed by atoms with Gasteiger partial charge in [0.2, 0.25) is 21.8 Å². The summed E-state index contributed by atoms with van der Waals surface area (Å²) in [6.07, 6.45) is 1.28. The molecule has 1 atom stereocenters. The summed E-state index contributed by atoms with van der Waals surface area (Å²) >= 11 is 18.4. The van der Waals surface area contributed by atoms with Crippen molar-refractivity contribution in [3.05, 3.63) is 63.1 Å². The van der Waals surface area contributed by atoms with E-state index in [1.54, 1.807) is 31.2 Å². The Kier molecular flexibility index (Phi) is 10.5. The Hall–Kier alpha value is -2.00. The first-order valence-corrected chi connectivity index (χ1v) is 14.4. The number of hydrogen-bond acceptors (Lipinski definition) is 4. The molecule has 0 heterocycles. The Bertz CT molecular complexity index is 1200. The highest BCUT2D eigenvalue weighted by Gasteiger charge is 2.29. The van der Waals surface area contributed by atoms with Gasteiger partial charge in [-0.25, -0.2) is 8.42 Å². The summed E-state index contributed by atoms with van der Waals surface area (Å²) < 4.78 is 26.1. The Morgan fingerprint density at radius 1 is 1.03 bits per heavy atom. The first-order chi connectivity index (χ1) is 16.6. The first-order valence-electron chi connectivity index (χ1n) is 11.4. The molecule has 0 unspecified atom stereocenters. The Labute approximate surface area is 228 Å². The molecular formula is C25H32Cl3N3O4S. The molecule has 2 amide bonds. The van der Waals surface area contributed by atoms with E-state index in [0.717, 1.165) is 16.1 Å². The number of hydrogen-bond donors (Lipinski definition) is 1. The number of rotatable bonds is 10. The zero-order valence-electron chi connectivity index (χ0n) is 21.0. The molecule has 0 saturated carbocycles. The second-order valence-electron chi connectivity index (χ2n) is 9.60. The van der Waals surface area contributed by atoms with E-state index in [-0.39, 0.29) is 48.5 Å². The van der Waals surface area contributed by atoms with Gasteiger partial charge in [-0.05, 0) is 70.0 Å². The summed E-state index contributed by atoms with van der Waals surface area (Å²) in [6.45, 7) is 7.44. The normalized spacial score (nSPS) is 12.7. The van der Waals surface area contributed by atoms with Gasteiger partial charge in [-0.15, -0.1) is 0 Å². The van der Waals surface area contributed by atoms with Crippen LogP contribution in [0.5, 0.6) is 0 Å². The van der Waals surface area contributed by atoms with Crippen molar-refractivity contribution in [3.8, 4) is 0 Å². The molecule has 0 aliphatic rings. The number of benzene rings is 2. The molecule has 0 aliphatic carbocycles. The Morgan fingerprint density at radius 2 is 1.67 bits per heavy atom. The number of halogens is 3. The highest BCUT2D eigenvalue weighted by atomic mass is 35.5. The van der Waals surface area contributed by atoms with Crippen LogP contribution in [0.15, 0.2) is 42.5 Å². The fourth-order valence-corrected chi connectivity index (χ4v) is 5.17. The van der Waals surface area contributed by atoms with E-state index >= 15 is 0 Å². The van der Waals surface area contributed by atoms with Gasteiger partial charge < -0.3 is 10.2 Å². The number of anilines is 1. The monoisotopic (exact) mass is 575 g/mol. The van der Waals surface area contributed by atoms with E-state index in [0.29, 0.717) is 10.0 Å². The maximum absolute atomic E-state index is 13.3. The van der Waals surface area contributed by atoms with Crippen molar-refractivity contribution in [1.29, 1.82) is 0 Å². The molecule has 0 saturated heterocycles. The molecule has 36 heavy (non-hydrogen) atoms. The molecule has 2 rings (SSSR count). The van der Waals surface area contributed by atoms with E-state index in [9.17, 15) is 18.0 Å². The minimum absolute atomic E-state index is 0.0118. The van der Waals surface area contributed by atoms with Gasteiger partial charge in [0.1, 0.15) is 6.04 Å². The van der Waals surface area contributed by atoms with Crippen LogP contribution in [0.1, 0.15) is 46.1 Å². The van der Waals surface area contributed by atoms with Crippen LogP contribution in [-0.4, -0.2) is 49.5 Å². The highest BCUT2D eigenvalue weighted by Crippen LogP contribution is 2.31. The van der Waals surface area contributed by atoms with Crippen molar-refractivity contribution in [1.82, 2.24) is 10.2 Å². The third-order valence-electron chi connectivity index (χ3n) is 5.24. The van der Waals surface area contributed by atoms with Crippen molar-refractivity contribution in [2.24, 2.45) is 0 Å². The summed E-state index contributed by atoms with van der Waals surface area (Å²) in [5, 5.41) is 3.99. The van der Waals surface area contributed by atoms with Crippen LogP contribution >= 0.6 is 34.8 Å². The molecule has 0 spiro atoms. The molecule has 2 aromatic rings. The predicted octanol–water partition coefficient (Wildman–Crippen LogP) is 5.53. The number of amides is 2. The lowest BCUT2D eigenvalue weighted by Gasteiger charge is -2.32. The fourth-order valence-electron chi connectivity index (χ4n) is 3.55. The Morgan fingerprint density at radius 3 is 2.25 bits per heavy atom. The predicted molar refractivity (Wildman–Crippen MR) is 147 cm³/mol. The molecule has 1 N–H and O–H groups in total. The number of carbonyl (C=O) groups is 2. The van der Waals surface area contributed by atoms with Gasteiger partial charge in [0.05, 0.1) is 17.0 Å². The third-order valence-corrected chi connectivity index (χ3v) is 7.21. The van der Waals surface area contributed by atoms with Crippen LogP contribution < -0.4 is 9.62 Å². The zero-order chi connectivity index (χ0) is 27.3. The lowest BCUT2D eigenvalue weighted by molar-refractivity contribution is -0.141. The van der Waals surface area contributed by atoms with Crippen molar-refractivity contribution in [3.63, 3.8) is 0 Å². The van der Waals surface area contributed by atoms with E-state index in [4.69, 9.17) is 34.8 Å². The maximum atomic E-state index is 13.3. The van der Waals surface area contributed by atoms with Crippen molar-refractivity contribution >= 4 is 62.3 Å².